The topological polar surface area (TPSA) is 44.7 Å². The number of nitrogens with zero attached hydrogens (tertiary/aromatic N) is 2. The van der Waals surface area contributed by atoms with E-state index in [1.165, 1.54) is 18.1 Å². The maximum atomic E-state index is 11.7. The molecule has 2 aromatic rings. The van der Waals surface area contributed by atoms with Crippen molar-refractivity contribution in [3.05, 3.63) is 58.6 Å². The average Bonchev–Trinajstić information content (AvgIpc) is 2.98. The van der Waals surface area contributed by atoms with Crippen molar-refractivity contribution in [3.8, 4) is 0 Å². The molecule has 0 spiro atoms. The highest BCUT2D eigenvalue weighted by Gasteiger charge is 2.29. The average molecular weight is 368 g/mol. The SMILES string of the molecule is CC(=O)N=C1Cc2ccc(C3CCNCC3)cc2N1c1cccc(Cl)c1. The van der Waals surface area contributed by atoms with E-state index >= 15 is 0 Å². The number of halogens is 1. The van der Waals surface area contributed by atoms with Crippen LogP contribution in [0.1, 0.15) is 36.8 Å². The Labute approximate surface area is 158 Å². The first-order chi connectivity index (χ1) is 12.6. The summed E-state index contributed by atoms with van der Waals surface area (Å²) < 4.78 is 0. The van der Waals surface area contributed by atoms with E-state index in [0.29, 0.717) is 17.4 Å². The second-order valence-corrected chi connectivity index (χ2v) is 7.39. The molecule has 5 heteroatoms. The first-order valence-corrected chi connectivity index (χ1v) is 9.47. The minimum Gasteiger partial charge on any atom is -0.317 e. The van der Waals surface area contributed by atoms with E-state index in [1.807, 2.05) is 24.3 Å². The van der Waals surface area contributed by atoms with Gasteiger partial charge in [0.2, 0.25) is 5.91 Å². The molecule has 26 heavy (non-hydrogen) atoms. The lowest BCUT2D eigenvalue weighted by Gasteiger charge is -2.25. The van der Waals surface area contributed by atoms with Gasteiger partial charge in [-0.3, -0.25) is 9.69 Å². The van der Waals surface area contributed by atoms with Crippen molar-refractivity contribution in [2.45, 2.75) is 32.1 Å². The molecule has 0 aromatic heterocycles. The summed E-state index contributed by atoms with van der Waals surface area (Å²) in [5.41, 5.74) is 4.62. The van der Waals surface area contributed by atoms with Crippen LogP contribution in [0.4, 0.5) is 11.4 Å². The molecule has 2 aromatic carbocycles. The normalized spacial score (nSPS) is 19.0. The van der Waals surface area contributed by atoms with Crippen molar-refractivity contribution in [1.29, 1.82) is 0 Å². The Balaban J connectivity index is 1.78. The predicted octanol–water partition coefficient (Wildman–Crippen LogP) is 4.45. The number of amidine groups is 1. The maximum absolute atomic E-state index is 11.7. The molecule has 0 atom stereocenters. The Morgan fingerprint density at radius 1 is 1.19 bits per heavy atom. The predicted molar refractivity (Wildman–Crippen MR) is 107 cm³/mol. The number of piperidine rings is 1. The molecule has 0 bridgehead atoms. The van der Waals surface area contributed by atoms with Crippen LogP contribution in [0, 0.1) is 0 Å². The van der Waals surface area contributed by atoms with Crippen LogP contribution >= 0.6 is 11.6 Å². The van der Waals surface area contributed by atoms with Gasteiger partial charge in [-0.2, -0.15) is 4.99 Å². The maximum Gasteiger partial charge on any atom is 0.244 e. The molecule has 1 saturated heterocycles. The third-order valence-electron chi connectivity index (χ3n) is 5.12. The summed E-state index contributed by atoms with van der Waals surface area (Å²) in [5, 5.41) is 4.10. The van der Waals surface area contributed by atoms with Crippen molar-refractivity contribution in [2.24, 2.45) is 4.99 Å². The third-order valence-corrected chi connectivity index (χ3v) is 5.36. The van der Waals surface area contributed by atoms with Crippen LogP contribution < -0.4 is 10.2 Å². The van der Waals surface area contributed by atoms with E-state index in [4.69, 9.17) is 11.6 Å². The first kappa shape index (κ1) is 17.3. The van der Waals surface area contributed by atoms with Gasteiger partial charge < -0.3 is 5.32 Å². The zero-order valence-electron chi connectivity index (χ0n) is 14.8. The molecule has 1 N–H and O–H groups in total. The molecule has 1 fully saturated rings. The van der Waals surface area contributed by atoms with E-state index in [9.17, 15) is 4.79 Å². The first-order valence-electron chi connectivity index (χ1n) is 9.09. The monoisotopic (exact) mass is 367 g/mol. The number of hydrogen-bond acceptors (Lipinski definition) is 2. The number of benzene rings is 2. The Morgan fingerprint density at radius 3 is 2.73 bits per heavy atom. The lowest BCUT2D eigenvalue weighted by Crippen LogP contribution is -2.26. The number of fused-ring (bicyclic) bond motifs is 1. The molecule has 0 saturated carbocycles. The molecule has 0 radical (unpaired) electrons. The molecule has 4 rings (SSSR count). The van der Waals surface area contributed by atoms with Gasteiger partial charge in [-0.25, -0.2) is 0 Å². The number of carbonyl (C=O) groups excluding carboxylic acids is 1. The summed E-state index contributed by atoms with van der Waals surface area (Å²) in [6.45, 7) is 3.63. The van der Waals surface area contributed by atoms with E-state index in [0.717, 1.165) is 43.1 Å². The van der Waals surface area contributed by atoms with Crippen LogP contribution in [0.5, 0.6) is 0 Å². The Bertz CT molecular complexity index is 871. The fourth-order valence-electron chi connectivity index (χ4n) is 3.91. The minimum atomic E-state index is -0.182. The van der Waals surface area contributed by atoms with Gasteiger partial charge in [0.15, 0.2) is 0 Å². The number of amides is 1. The van der Waals surface area contributed by atoms with E-state index in [-0.39, 0.29) is 5.91 Å². The van der Waals surface area contributed by atoms with Gasteiger partial charge in [-0.1, -0.05) is 29.8 Å². The summed E-state index contributed by atoms with van der Waals surface area (Å²) in [6, 6.07) is 14.4. The lowest BCUT2D eigenvalue weighted by atomic mass is 9.89. The molecular formula is C21H22ClN3O. The van der Waals surface area contributed by atoms with Gasteiger partial charge in [0.05, 0.1) is 5.69 Å². The lowest BCUT2D eigenvalue weighted by molar-refractivity contribution is -0.115. The van der Waals surface area contributed by atoms with Crippen molar-refractivity contribution in [1.82, 2.24) is 5.32 Å². The van der Waals surface area contributed by atoms with Crippen LogP contribution in [-0.4, -0.2) is 24.8 Å². The fraction of sp³-hybridized carbons (Fsp3) is 0.333. The quantitative estimate of drug-likeness (QED) is 0.853. The molecule has 4 nitrogen and oxygen atoms in total. The van der Waals surface area contributed by atoms with Crippen molar-refractivity contribution >= 4 is 34.7 Å². The molecule has 0 aliphatic carbocycles. The second-order valence-electron chi connectivity index (χ2n) is 6.95. The van der Waals surface area contributed by atoms with Crippen LogP contribution in [-0.2, 0) is 11.2 Å². The number of aliphatic imine (C=N–C) groups is 1. The summed E-state index contributed by atoms with van der Waals surface area (Å²) in [4.78, 5) is 18.0. The number of anilines is 2. The Kier molecular flexibility index (Phi) is 4.79. The number of rotatable bonds is 2. The van der Waals surface area contributed by atoms with Crippen molar-refractivity contribution in [3.63, 3.8) is 0 Å². The smallest absolute Gasteiger partial charge is 0.244 e. The van der Waals surface area contributed by atoms with Gasteiger partial charge in [-0.05, 0) is 67.2 Å². The van der Waals surface area contributed by atoms with E-state index in [2.05, 4.69) is 33.4 Å². The standard InChI is InChI=1S/C21H22ClN3O/c1-14(26)24-21-12-17-6-5-16(15-7-9-23-10-8-15)11-20(17)25(21)19-4-2-3-18(22)13-19/h2-6,11,13,15,23H,7-10,12H2,1H3. The van der Waals surface area contributed by atoms with Crippen molar-refractivity contribution in [2.75, 3.05) is 18.0 Å². The zero-order valence-corrected chi connectivity index (χ0v) is 15.6. The fourth-order valence-corrected chi connectivity index (χ4v) is 4.10. The number of hydrogen-bond donors (Lipinski definition) is 1. The highest BCUT2D eigenvalue weighted by molar-refractivity contribution is 6.31. The highest BCUT2D eigenvalue weighted by Crippen LogP contribution is 2.39. The van der Waals surface area contributed by atoms with Gasteiger partial charge in [0.25, 0.3) is 0 Å². The highest BCUT2D eigenvalue weighted by atomic mass is 35.5. The molecule has 2 heterocycles. The molecular weight excluding hydrogens is 346 g/mol. The Hall–Kier alpha value is -2.17. The second kappa shape index (κ2) is 7.22. The van der Waals surface area contributed by atoms with E-state index in [1.54, 1.807) is 0 Å². The molecule has 0 unspecified atom stereocenters. The van der Waals surface area contributed by atoms with Crippen LogP contribution in [0.25, 0.3) is 0 Å². The number of carbonyl (C=O) groups is 1. The van der Waals surface area contributed by atoms with Gasteiger partial charge in [0, 0.05) is 24.1 Å². The third kappa shape index (κ3) is 3.39. The summed E-state index contributed by atoms with van der Waals surface area (Å²) >= 11 is 6.22. The summed E-state index contributed by atoms with van der Waals surface area (Å²) in [6.07, 6.45) is 2.97. The molecule has 2 aliphatic rings. The van der Waals surface area contributed by atoms with Crippen LogP contribution in [0.2, 0.25) is 5.02 Å². The largest absolute Gasteiger partial charge is 0.317 e. The van der Waals surface area contributed by atoms with Gasteiger partial charge in [0.1, 0.15) is 5.84 Å². The van der Waals surface area contributed by atoms with Gasteiger partial charge >= 0.3 is 0 Å². The number of nitrogens with one attached hydrogen (secondary N) is 1. The van der Waals surface area contributed by atoms with Gasteiger partial charge in [-0.15, -0.1) is 0 Å². The summed E-state index contributed by atoms with van der Waals surface area (Å²) in [5.74, 6) is 1.16. The zero-order chi connectivity index (χ0) is 18.1. The van der Waals surface area contributed by atoms with Crippen LogP contribution in [0.3, 0.4) is 0 Å². The minimum absolute atomic E-state index is 0.182. The Morgan fingerprint density at radius 2 is 2.00 bits per heavy atom. The van der Waals surface area contributed by atoms with E-state index < -0.39 is 0 Å². The summed E-state index contributed by atoms with van der Waals surface area (Å²) in [7, 11) is 0. The molecule has 134 valence electrons. The molecule has 1 amide bonds. The van der Waals surface area contributed by atoms with Crippen molar-refractivity contribution < 1.29 is 4.79 Å². The van der Waals surface area contributed by atoms with Crippen LogP contribution in [0.15, 0.2) is 47.5 Å². The molecule has 2 aliphatic heterocycles.